The Bertz CT molecular complexity index is 1440. The molecule has 1 amide bonds. The van der Waals surface area contributed by atoms with Crippen molar-refractivity contribution >= 4 is 34.5 Å². The maximum atomic E-state index is 12.8. The molecule has 0 aliphatic carbocycles. The number of amides is 1. The molecule has 3 aromatic heterocycles. The van der Waals surface area contributed by atoms with Crippen LogP contribution in [0.2, 0.25) is 0 Å². The van der Waals surface area contributed by atoms with Crippen LogP contribution in [0.5, 0.6) is 0 Å². The highest BCUT2D eigenvalue weighted by Gasteiger charge is 2.27. The molecule has 0 spiro atoms. The number of rotatable bonds is 5. The van der Waals surface area contributed by atoms with Crippen LogP contribution >= 0.6 is 0 Å². The second kappa shape index (κ2) is 10.3. The number of carbonyl (C=O) groups excluding carboxylic acids is 1. The summed E-state index contributed by atoms with van der Waals surface area (Å²) in [5.41, 5.74) is 2.69. The van der Waals surface area contributed by atoms with Crippen molar-refractivity contribution in [2.75, 3.05) is 54.6 Å². The maximum Gasteiger partial charge on any atom is 0.256 e. The number of aromatic amines is 1. The monoisotopic (exact) mass is 514 g/mol. The molecule has 2 saturated heterocycles. The third kappa shape index (κ3) is 4.77. The van der Waals surface area contributed by atoms with Gasteiger partial charge < -0.3 is 24.6 Å². The molecule has 11 nitrogen and oxygen atoms in total. The number of nitrogens with zero attached hydrogens (tertiary/aromatic N) is 6. The molecule has 0 unspecified atom stereocenters. The first-order valence-electron chi connectivity index (χ1n) is 12.9. The highest BCUT2D eigenvalue weighted by Crippen LogP contribution is 2.31. The summed E-state index contributed by atoms with van der Waals surface area (Å²) < 4.78 is 11.3. The molecule has 4 aromatic rings. The van der Waals surface area contributed by atoms with Crippen LogP contribution in [0.4, 0.5) is 17.6 Å². The number of carbonyl (C=O) groups is 1. The molecule has 5 heterocycles. The first-order chi connectivity index (χ1) is 18.6. The molecular formula is C27H30N8O3. The fourth-order valence-electron chi connectivity index (χ4n) is 4.90. The molecule has 2 aliphatic rings. The zero-order valence-corrected chi connectivity index (χ0v) is 21.4. The van der Waals surface area contributed by atoms with Crippen LogP contribution in [-0.2, 0) is 9.47 Å². The van der Waals surface area contributed by atoms with Gasteiger partial charge in [0.25, 0.3) is 5.91 Å². The van der Waals surface area contributed by atoms with Gasteiger partial charge in [0.2, 0.25) is 5.95 Å². The van der Waals surface area contributed by atoms with Gasteiger partial charge in [0, 0.05) is 30.3 Å². The average Bonchev–Trinajstić information content (AvgIpc) is 3.46. The van der Waals surface area contributed by atoms with E-state index < -0.39 is 0 Å². The molecule has 0 bridgehead atoms. The smallest absolute Gasteiger partial charge is 0.256 e. The van der Waals surface area contributed by atoms with Crippen molar-refractivity contribution in [2.24, 2.45) is 0 Å². The van der Waals surface area contributed by atoms with Gasteiger partial charge in [0.15, 0.2) is 5.65 Å². The van der Waals surface area contributed by atoms with E-state index >= 15 is 0 Å². The summed E-state index contributed by atoms with van der Waals surface area (Å²) in [6.07, 6.45) is 1.59. The summed E-state index contributed by atoms with van der Waals surface area (Å²) in [6.45, 7) is 8.30. The number of hydrogen-bond donors (Lipinski definition) is 2. The predicted octanol–water partition coefficient (Wildman–Crippen LogP) is 3.12. The van der Waals surface area contributed by atoms with Crippen molar-refractivity contribution < 1.29 is 14.3 Å². The molecular weight excluding hydrogens is 484 g/mol. The minimum absolute atomic E-state index is 0.157. The minimum Gasteiger partial charge on any atom is -0.377 e. The second-order valence-electron chi connectivity index (χ2n) is 9.65. The van der Waals surface area contributed by atoms with Crippen LogP contribution in [-0.4, -0.2) is 82.7 Å². The molecule has 2 N–H and O–H groups in total. The van der Waals surface area contributed by atoms with E-state index in [1.54, 1.807) is 18.3 Å². The van der Waals surface area contributed by atoms with Crippen molar-refractivity contribution in [3.8, 4) is 11.3 Å². The Hall–Kier alpha value is -4.09. The first kappa shape index (κ1) is 24.3. The van der Waals surface area contributed by atoms with E-state index in [-0.39, 0.29) is 18.0 Å². The lowest BCUT2D eigenvalue weighted by molar-refractivity contribution is 0.0973. The molecule has 196 valence electrons. The number of morpholine rings is 2. The Morgan fingerprint density at radius 3 is 2.50 bits per heavy atom. The Morgan fingerprint density at radius 1 is 0.974 bits per heavy atom. The number of benzene rings is 1. The average molecular weight is 515 g/mol. The van der Waals surface area contributed by atoms with Crippen molar-refractivity contribution in [3.05, 3.63) is 54.2 Å². The zero-order valence-electron chi connectivity index (χ0n) is 21.4. The second-order valence-corrected chi connectivity index (χ2v) is 9.65. The van der Waals surface area contributed by atoms with E-state index in [0.717, 1.165) is 35.6 Å². The predicted molar refractivity (Wildman–Crippen MR) is 145 cm³/mol. The molecule has 6 rings (SSSR count). The van der Waals surface area contributed by atoms with Gasteiger partial charge >= 0.3 is 0 Å². The molecule has 2 fully saturated rings. The minimum atomic E-state index is -0.230. The molecule has 2 aliphatic heterocycles. The molecule has 1 aromatic carbocycles. The standard InChI is InChI=1S/C27H30N8O3/c1-17-15-37-12-10-34(17)25-21-6-7-22(29-24(21)31-27(32-25)35-11-13-38-16-18(35)2)19-4-3-5-20(14-19)26(36)30-23-8-9-28-33-23/h3-9,14,17-18H,10-13,15-16H2,1-2H3,(H2,28,30,33,36)/t17-,18-/m0/s1. The van der Waals surface area contributed by atoms with Gasteiger partial charge in [-0.1, -0.05) is 12.1 Å². The van der Waals surface area contributed by atoms with Crippen LogP contribution in [0, 0.1) is 0 Å². The number of hydrogen-bond acceptors (Lipinski definition) is 9. The third-order valence-corrected chi connectivity index (χ3v) is 6.96. The summed E-state index contributed by atoms with van der Waals surface area (Å²) >= 11 is 0. The van der Waals surface area contributed by atoms with Crippen LogP contribution in [0.15, 0.2) is 48.7 Å². The quantitative estimate of drug-likeness (QED) is 0.414. The fraction of sp³-hybridized carbons (Fsp3) is 0.370. The molecule has 38 heavy (non-hydrogen) atoms. The van der Waals surface area contributed by atoms with Crippen molar-refractivity contribution in [1.82, 2.24) is 25.1 Å². The largest absolute Gasteiger partial charge is 0.377 e. The lowest BCUT2D eigenvalue weighted by Crippen LogP contribution is -2.46. The molecule has 11 heteroatoms. The van der Waals surface area contributed by atoms with E-state index in [2.05, 4.69) is 39.2 Å². The number of H-pyrrole nitrogens is 1. The van der Waals surface area contributed by atoms with Gasteiger partial charge in [-0.2, -0.15) is 15.1 Å². The molecule has 0 saturated carbocycles. The number of fused-ring (bicyclic) bond motifs is 1. The molecule has 0 radical (unpaired) electrons. The van der Waals surface area contributed by atoms with Crippen LogP contribution in [0.25, 0.3) is 22.3 Å². The van der Waals surface area contributed by atoms with E-state index in [1.807, 2.05) is 30.3 Å². The summed E-state index contributed by atoms with van der Waals surface area (Å²) in [7, 11) is 0. The van der Waals surface area contributed by atoms with Gasteiger partial charge in [-0.25, -0.2) is 4.98 Å². The number of anilines is 3. The summed E-state index contributed by atoms with van der Waals surface area (Å²) in [5, 5.41) is 10.3. The number of nitrogens with one attached hydrogen (secondary N) is 2. The normalized spacial score (nSPS) is 20.1. The Labute approximate surface area is 220 Å². The van der Waals surface area contributed by atoms with Crippen molar-refractivity contribution in [3.63, 3.8) is 0 Å². The fourth-order valence-corrected chi connectivity index (χ4v) is 4.90. The Balaban J connectivity index is 1.40. The van der Waals surface area contributed by atoms with E-state index in [4.69, 9.17) is 24.4 Å². The van der Waals surface area contributed by atoms with Crippen molar-refractivity contribution in [2.45, 2.75) is 25.9 Å². The van der Waals surface area contributed by atoms with Gasteiger partial charge in [-0.05, 0) is 38.1 Å². The third-order valence-electron chi connectivity index (χ3n) is 6.96. The number of ether oxygens (including phenoxy) is 2. The lowest BCUT2D eigenvalue weighted by atomic mass is 10.1. The highest BCUT2D eigenvalue weighted by molar-refractivity contribution is 6.04. The Kier molecular flexibility index (Phi) is 6.61. The SMILES string of the molecule is C[C@H]1COCCN1c1nc(N2CCOC[C@@H]2C)c2ccc(-c3cccc(C(=O)Nc4ccn[nH]4)c3)nc2n1. The van der Waals surface area contributed by atoms with Crippen LogP contribution in [0.1, 0.15) is 24.2 Å². The van der Waals surface area contributed by atoms with Crippen LogP contribution in [0.3, 0.4) is 0 Å². The summed E-state index contributed by atoms with van der Waals surface area (Å²) in [4.78, 5) is 32.2. The number of aromatic nitrogens is 5. The lowest BCUT2D eigenvalue weighted by Gasteiger charge is -2.37. The number of pyridine rings is 1. The topological polar surface area (TPSA) is 121 Å². The van der Waals surface area contributed by atoms with Gasteiger partial charge in [-0.15, -0.1) is 0 Å². The van der Waals surface area contributed by atoms with Crippen molar-refractivity contribution in [1.29, 1.82) is 0 Å². The van der Waals surface area contributed by atoms with Gasteiger partial charge in [0.1, 0.15) is 11.6 Å². The van der Waals surface area contributed by atoms with E-state index in [0.29, 0.717) is 49.4 Å². The van der Waals surface area contributed by atoms with E-state index in [9.17, 15) is 4.79 Å². The summed E-state index contributed by atoms with van der Waals surface area (Å²) in [6, 6.07) is 13.4. The Morgan fingerprint density at radius 2 is 1.76 bits per heavy atom. The zero-order chi connectivity index (χ0) is 26.1. The van der Waals surface area contributed by atoms with E-state index in [1.165, 1.54) is 0 Å². The molecule has 2 atom stereocenters. The first-order valence-corrected chi connectivity index (χ1v) is 12.9. The highest BCUT2D eigenvalue weighted by atomic mass is 16.5. The maximum absolute atomic E-state index is 12.8. The van der Waals surface area contributed by atoms with Gasteiger partial charge in [0.05, 0.1) is 55.8 Å². The van der Waals surface area contributed by atoms with Gasteiger partial charge in [-0.3, -0.25) is 9.89 Å². The van der Waals surface area contributed by atoms with Crippen LogP contribution < -0.4 is 15.1 Å². The summed E-state index contributed by atoms with van der Waals surface area (Å²) in [5.74, 6) is 1.83.